The smallest absolute Gasteiger partial charge is 0.350 e. The summed E-state index contributed by atoms with van der Waals surface area (Å²) in [6.45, 7) is 2.29. The third kappa shape index (κ3) is 5.71. The highest BCUT2D eigenvalue weighted by Crippen LogP contribution is 2.31. The zero-order chi connectivity index (χ0) is 23.4. The van der Waals surface area contributed by atoms with Crippen molar-refractivity contribution in [3.8, 4) is 10.4 Å². The van der Waals surface area contributed by atoms with Gasteiger partial charge < -0.3 is 15.6 Å². The first-order chi connectivity index (χ1) is 15.8. The molecule has 3 N–H and O–H groups in total. The Morgan fingerprint density at radius 2 is 2.03 bits per heavy atom. The number of thiazole rings is 1. The van der Waals surface area contributed by atoms with E-state index in [1.165, 1.54) is 11.3 Å². The van der Waals surface area contributed by atoms with Crippen LogP contribution in [0.5, 0.6) is 0 Å². The quantitative estimate of drug-likeness (QED) is 0.368. The van der Waals surface area contributed by atoms with E-state index in [1.807, 2.05) is 13.0 Å². The standard InChI is InChI=1S/C21H18F3N7OS/c1-12-6-13(8-15(7-12)30-20-27-5-3-17(31-20)21(22,23)24)16-10-28-19(33-16)18(32)26-4-2-14-9-25-11-29-14/h3,5-11H,2,4H2,1H3,(H,25,29)(H,26,32)(H,27,30,31). The predicted molar refractivity (Wildman–Crippen MR) is 117 cm³/mol. The Morgan fingerprint density at radius 3 is 2.79 bits per heavy atom. The second-order valence-corrected chi connectivity index (χ2v) is 8.12. The maximum Gasteiger partial charge on any atom is 0.433 e. The van der Waals surface area contributed by atoms with Crippen molar-refractivity contribution in [3.63, 3.8) is 0 Å². The van der Waals surface area contributed by atoms with Crippen LogP contribution >= 0.6 is 11.3 Å². The number of H-pyrrole nitrogens is 1. The SMILES string of the molecule is Cc1cc(Nc2nccc(C(F)(F)F)n2)cc(-c2cnc(C(=O)NCCc3cnc[nH]3)s2)c1. The van der Waals surface area contributed by atoms with Crippen molar-refractivity contribution in [1.29, 1.82) is 0 Å². The molecule has 0 saturated heterocycles. The van der Waals surface area contributed by atoms with Crippen molar-refractivity contribution < 1.29 is 18.0 Å². The first kappa shape index (κ1) is 22.4. The van der Waals surface area contributed by atoms with Gasteiger partial charge in [-0.25, -0.2) is 19.9 Å². The molecule has 0 aliphatic carbocycles. The minimum atomic E-state index is -4.56. The summed E-state index contributed by atoms with van der Waals surface area (Å²) in [6, 6.07) is 6.21. The molecule has 3 heterocycles. The summed E-state index contributed by atoms with van der Waals surface area (Å²) in [5.74, 6) is -0.447. The van der Waals surface area contributed by atoms with Crippen molar-refractivity contribution in [2.75, 3.05) is 11.9 Å². The highest BCUT2D eigenvalue weighted by atomic mass is 32.1. The summed E-state index contributed by atoms with van der Waals surface area (Å²) in [5, 5.41) is 5.94. The van der Waals surface area contributed by atoms with E-state index in [4.69, 9.17) is 0 Å². The molecule has 0 radical (unpaired) electrons. The third-order valence-electron chi connectivity index (χ3n) is 4.50. The summed E-state index contributed by atoms with van der Waals surface area (Å²) in [7, 11) is 0. The lowest BCUT2D eigenvalue weighted by Crippen LogP contribution is -2.25. The molecule has 8 nitrogen and oxygen atoms in total. The van der Waals surface area contributed by atoms with Gasteiger partial charge in [-0.05, 0) is 36.2 Å². The van der Waals surface area contributed by atoms with E-state index in [2.05, 4.69) is 35.6 Å². The molecule has 170 valence electrons. The lowest BCUT2D eigenvalue weighted by atomic mass is 10.1. The number of halogens is 3. The van der Waals surface area contributed by atoms with Crippen LogP contribution in [0.3, 0.4) is 0 Å². The lowest BCUT2D eigenvalue weighted by Gasteiger charge is -2.10. The summed E-state index contributed by atoms with van der Waals surface area (Å²) in [5.41, 5.74) is 2.03. The number of hydrogen-bond donors (Lipinski definition) is 3. The molecule has 4 rings (SSSR count). The molecule has 4 aromatic rings. The average molecular weight is 473 g/mol. The first-order valence-corrected chi connectivity index (χ1v) is 10.6. The minimum absolute atomic E-state index is 0.164. The van der Waals surface area contributed by atoms with Gasteiger partial charge in [0.25, 0.3) is 5.91 Å². The number of carbonyl (C=O) groups is 1. The molecule has 0 saturated carbocycles. The number of aryl methyl sites for hydroxylation is 1. The maximum atomic E-state index is 12.9. The van der Waals surface area contributed by atoms with Crippen molar-refractivity contribution in [3.05, 3.63) is 71.1 Å². The molecule has 33 heavy (non-hydrogen) atoms. The van der Waals surface area contributed by atoms with Gasteiger partial charge in [-0.2, -0.15) is 13.2 Å². The summed E-state index contributed by atoms with van der Waals surface area (Å²) >= 11 is 1.22. The number of nitrogens with zero attached hydrogens (tertiary/aromatic N) is 4. The normalized spacial score (nSPS) is 11.4. The highest BCUT2D eigenvalue weighted by Gasteiger charge is 2.32. The Bertz CT molecular complexity index is 1250. The fourth-order valence-corrected chi connectivity index (χ4v) is 3.84. The van der Waals surface area contributed by atoms with E-state index in [1.54, 1.807) is 30.9 Å². The van der Waals surface area contributed by atoms with Crippen molar-refractivity contribution in [2.45, 2.75) is 19.5 Å². The number of alkyl halides is 3. The molecule has 0 aliphatic rings. The summed E-state index contributed by atoms with van der Waals surface area (Å²) in [4.78, 5) is 31.6. The highest BCUT2D eigenvalue weighted by molar-refractivity contribution is 7.17. The van der Waals surface area contributed by atoms with Crippen LogP contribution in [0.2, 0.25) is 0 Å². The number of nitrogens with one attached hydrogen (secondary N) is 3. The lowest BCUT2D eigenvalue weighted by molar-refractivity contribution is -0.141. The molecule has 0 bridgehead atoms. The molecule has 1 amide bonds. The van der Waals surface area contributed by atoms with Crippen molar-refractivity contribution in [2.24, 2.45) is 0 Å². The molecule has 12 heteroatoms. The largest absolute Gasteiger partial charge is 0.433 e. The number of benzene rings is 1. The van der Waals surface area contributed by atoms with Crippen LogP contribution in [0.4, 0.5) is 24.8 Å². The van der Waals surface area contributed by atoms with Gasteiger partial charge >= 0.3 is 6.18 Å². The number of rotatable bonds is 7. The van der Waals surface area contributed by atoms with Crippen LogP contribution < -0.4 is 10.6 Å². The van der Waals surface area contributed by atoms with Crippen LogP contribution in [-0.4, -0.2) is 37.4 Å². The topological polar surface area (TPSA) is 108 Å². The number of carbonyl (C=O) groups excluding carboxylic acids is 1. The molecule has 0 atom stereocenters. The molecule has 0 spiro atoms. The summed E-state index contributed by atoms with van der Waals surface area (Å²) in [6.07, 6.45) is 1.97. The number of amides is 1. The molecule has 1 aromatic carbocycles. The molecule has 3 aromatic heterocycles. The third-order valence-corrected chi connectivity index (χ3v) is 5.54. The van der Waals surface area contributed by atoms with Gasteiger partial charge in [-0.1, -0.05) is 6.07 Å². The van der Waals surface area contributed by atoms with Gasteiger partial charge in [0.1, 0.15) is 5.69 Å². The van der Waals surface area contributed by atoms with E-state index >= 15 is 0 Å². The van der Waals surface area contributed by atoms with E-state index in [0.717, 1.165) is 34.0 Å². The minimum Gasteiger partial charge on any atom is -0.350 e. The molecule has 0 fully saturated rings. The van der Waals surface area contributed by atoms with Gasteiger partial charge in [-0.3, -0.25) is 4.79 Å². The Balaban J connectivity index is 1.47. The fraction of sp³-hybridized carbons (Fsp3) is 0.190. The van der Waals surface area contributed by atoms with E-state index in [9.17, 15) is 18.0 Å². The second kappa shape index (κ2) is 9.36. The van der Waals surface area contributed by atoms with Gasteiger partial charge in [0, 0.05) is 42.9 Å². The predicted octanol–water partition coefficient (Wildman–Crippen LogP) is 4.37. The van der Waals surface area contributed by atoms with Gasteiger partial charge in [0.15, 0.2) is 5.01 Å². The van der Waals surface area contributed by atoms with E-state index < -0.39 is 11.9 Å². The molecule has 0 aliphatic heterocycles. The number of aromatic amines is 1. The molecule has 0 unspecified atom stereocenters. The van der Waals surface area contributed by atoms with Gasteiger partial charge in [0.05, 0.1) is 11.2 Å². The van der Waals surface area contributed by atoms with Crippen LogP contribution in [0.25, 0.3) is 10.4 Å². The van der Waals surface area contributed by atoms with Crippen LogP contribution in [-0.2, 0) is 12.6 Å². The van der Waals surface area contributed by atoms with Gasteiger partial charge in [-0.15, -0.1) is 11.3 Å². The zero-order valence-corrected chi connectivity index (χ0v) is 18.1. The van der Waals surface area contributed by atoms with Crippen LogP contribution in [0.1, 0.15) is 26.8 Å². The van der Waals surface area contributed by atoms with Crippen LogP contribution in [0.15, 0.2) is 49.2 Å². The Labute approximate surface area is 190 Å². The monoisotopic (exact) mass is 473 g/mol. The van der Waals surface area contributed by atoms with Crippen molar-refractivity contribution >= 4 is 28.9 Å². The Hall–Kier alpha value is -3.80. The average Bonchev–Trinajstić information content (AvgIpc) is 3.45. The fourth-order valence-electron chi connectivity index (χ4n) is 3.02. The maximum absolute atomic E-state index is 12.9. The van der Waals surface area contributed by atoms with Crippen LogP contribution in [0, 0.1) is 6.92 Å². The number of hydrogen-bond acceptors (Lipinski definition) is 7. The first-order valence-electron chi connectivity index (χ1n) is 9.78. The molecular formula is C21H18F3N7OS. The molecular weight excluding hydrogens is 455 g/mol. The number of aromatic nitrogens is 5. The zero-order valence-electron chi connectivity index (χ0n) is 17.3. The Morgan fingerprint density at radius 1 is 1.18 bits per heavy atom. The number of imidazole rings is 1. The van der Waals surface area contributed by atoms with E-state index in [0.29, 0.717) is 23.7 Å². The second-order valence-electron chi connectivity index (χ2n) is 7.09. The van der Waals surface area contributed by atoms with Crippen molar-refractivity contribution in [1.82, 2.24) is 30.2 Å². The number of anilines is 2. The Kier molecular flexibility index (Phi) is 6.36. The van der Waals surface area contributed by atoms with Gasteiger partial charge in [0.2, 0.25) is 5.95 Å². The van der Waals surface area contributed by atoms with E-state index in [-0.39, 0.29) is 11.9 Å². The summed E-state index contributed by atoms with van der Waals surface area (Å²) < 4.78 is 38.7.